The Kier molecular flexibility index (Phi) is 5.24. The molecule has 1 aromatic rings. The van der Waals surface area contributed by atoms with Crippen LogP contribution >= 0.6 is 0 Å². The average molecular weight is 278 g/mol. The molecule has 1 heterocycles. The Bertz CT molecular complexity index is 456. The van der Waals surface area contributed by atoms with Gasteiger partial charge in [0.1, 0.15) is 0 Å². The van der Waals surface area contributed by atoms with Crippen LogP contribution in [0.2, 0.25) is 0 Å². The largest absolute Gasteiger partial charge is 0.493 e. The number of rotatable bonds is 6. The van der Waals surface area contributed by atoms with E-state index < -0.39 is 0 Å². The second-order valence-electron chi connectivity index (χ2n) is 4.91. The Hall–Kier alpha value is -1.75. The summed E-state index contributed by atoms with van der Waals surface area (Å²) >= 11 is 0. The van der Waals surface area contributed by atoms with Crippen molar-refractivity contribution < 1.29 is 14.3 Å². The molecular formula is C15H22N2O3. The molecule has 1 atom stereocenters. The van der Waals surface area contributed by atoms with Gasteiger partial charge in [-0.3, -0.25) is 4.79 Å². The Balaban J connectivity index is 1.88. The van der Waals surface area contributed by atoms with Gasteiger partial charge >= 0.3 is 0 Å². The maximum Gasteiger partial charge on any atom is 0.251 e. The molecule has 0 saturated carbocycles. The van der Waals surface area contributed by atoms with Crippen molar-refractivity contribution in [1.82, 2.24) is 10.6 Å². The lowest BCUT2D eigenvalue weighted by atomic mass is 10.1. The van der Waals surface area contributed by atoms with Gasteiger partial charge in [-0.1, -0.05) is 0 Å². The maximum atomic E-state index is 12.1. The first-order valence-electron chi connectivity index (χ1n) is 6.98. The maximum absolute atomic E-state index is 12.1. The first-order valence-corrected chi connectivity index (χ1v) is 6.98. The van der Waals surface area contributed by atoms with Crippen LogP contribution in [0.1, 0.15) is 29.6 Å². The van der Waals surface area contributed by atoms with Crippen molar-refractivity contribution in [3.63, 3.8) is 0 Å². The van der Waals surface area contributed by atoms with Crippen molar-refractivity contribution in [3.05, 3.63) is 23.8 Å². The third kappa shape index (κ3) is 3.63. The minimum atomic E-state index is -0.0797. The van der Waals surface area contributed by atoms with Gasteiger partial charge in [0.2, 0.25) is 0 Å². The van der Waals surface area contributed by atoms with Crippen LogP contribution in [0, 0.1) is 0 Å². The van der Waals surface area contributed by atoms with E-state index in [0.29, 0.717) is 29.6 Å². The molecule has 5 heteroatoms. The minimum absolute atomic E-state index is 0.0797. The molecule has 0 radical (unpaired) electrons. The monoisotopic (exact) mass is 278 g/mol. The number of benzene rings is 1. The zero-order valence-corrected chi connectivity index (χ0v) is 12.1. The van der Waals surface area contributed by atoms with Gasteiger partial charge in [0.25, 0.3) is 5.91 Å². The molecule has 2 rings (SSSR count). The van der Waals surface area contributed by atoms with E-state index in [1.807, 2.05) is 0 Å². The van der Waals surface area contributed by atoms with Crippen LogP contribution in [0.5, 0.6) is 11.5 Å². The zero-order valence-electron chi connectivity index (χ0n) is 12.1. The van der Waals surface area contributed by atoms with Crippen molar-refractivity contribution in [3.8, 4) is 11.5 Å². The van der Waals surface area contributed by atoms with Gasteiger partial charge in [0, 0.05) is 18.2 Å². The van der Waals surface area contributed by atoms with Crippen molar-refractivity contribution in [2.45, 2.75) is 25.3 Å². The number of methoxy groups -OCH3 is 2. The molecule has 0 aliphatic carbocycles. The van der Waals surface area contributed by atoms with Crippen molar-refractivity contribution in [2.75, 3.05) is 27.3 Å². The fraction of sp³-hybridized carbons (Fsp3) is 0.533. The molecule has 1 fully saturated rings. The molecule has 5 nitrogen and oxygen atoms in total. The molecule has 0 bridgehead atoms. The van der Waals surface area contributed by atoms with E-state index in [1.54, 1.807) is 32.4 Å². The predicted molar refractivity (Wildman–Crippen MR) is 77.5 cm³/mol. The molecule has 1 aliphatic heterocycles. The van der Waals surface area contributed by atoms with Gasteiger partial charge < -0.3 is 20.1 Å². The molecule has 0 spiro atoms. The Labute approximate surface area is 119 Å². The van der Waals surface area contributed by atoms with Gasteiger partial charge in [0.05, 0.1) is 14.2 Å². The summed E-state index contributed by atoms with van der Waals surface area (Å²) in [4.78, 5) is 12.1. The summed E-state index contributed by atoms with van der Waals surface area (Å²) in [6, 6.07) is 5.72. The smallest absolute Gasteiger partial charge is 0.251 e. The lowest BCUT2D eigenvalue weighted by Gasteiger charge is -2.12. The first-order chi connectivity index (χ1) is 9.74. The first kappa shape index (κ1) is 14.7. The van der Waals surface area contributed by atoms with Crippen LogP contribution in [0.15, 0.2) is 18.2 Å². The predicted octanol–water partition coefficient (Wildman–Crippen LogP) is 1.58. The quantitative estimate of drug-likeness (QED) is 0.829. The normalized spacial score (nSPS) is 17.8. The lowest BCUT2D eigenvalue weighted by molar-refractivity contribution is 0.0952. The van der Waals surface area contributed by atoms with E-state index in [1.165, 1.54) is 12.8 Å². The number of carbonyl (C=O) groups excluding carboxylic acids is 1. The third-order valence-electron chi connectivity index (χ3n) is 3.59. The van der Waals surface area contributed by atoms with E-state index in [9.17, 15) is 4.79 Å². The fourth-order valence-corrected chi connectivity index (χ4v) is 2.44. The molecule has 2 N–H and O–H groups in total. The van der Waals surface area contributed by atoms with Crippen LogP contribution < -0.4 is 20.1 Å². The second-order valence-corrected chi connectivity index (χ2v) is 4.91. The van der Waals surface area contributed by atoms with Gasteiger partial charge in [-0.2, -0.15) is 0 Å². The summed E-state index contributed by atoms with van der Waals surface area (Å²) in [5, 5.41) is 6.35. The van der Waals surface area contributed by atoms with E-state index in [2.05, 4.69) is 10.6 Å². The molecule has 20 heavy (non-hydrogen) atoms. The zero-order chi connectivity index (χ0) is 14.4. The third-order valence-corrected chi connectivity index (χ3v) is 3.59. The highest BCUT2D eigenvalue weighted by molar-refractivity contribution is 5.94. The highest BCUT2D eigenvalue weighted by Gasteiger charge is 2.14. The molecule has 1 saturated heterocycles. The molecule has 0 unspecified atom stereocenters. The van der Waals surface area contributed by atoms with Crippen LogP contribution in [-0.2, 0) is 0 Å². The van der Waals surface area contributed by atoms with Gasteiger partial charge in [-0.05, 0) is 44.0 Å². The molecular weight excluding hydrogens is 256 g/mol. The van der Waals surface area contributed by atoms with Gasteiger partial charge in [-0.25, -0.2) is 0 Å². The van der Waals surface area contributed by atoms with Gasteiger partial charge in [0.15, 0.2) is 11.5 Å². The number of ether oxygens (including phenoxy) is 2. The molecule has 1 aliphatic rings. The lowest BCUT2D eigenvalue weighted by Crippen LogP contribution is -2.30. The summed E-state index contributed by atoms with van der Waals surface area (Å²) in [7, 11) is 3.14. The van der Waals surface area contributed by atoms with E-state index in [4.69, 9.17) is 9.47 Å². The topological polar surface area (TPSA) is 59.6 Å². The van der Waals surface area contributed by atoms with E-state index in [-0.39, 0.29) is 5.91 Å². The van der Waals surface area contributed by atoms with Crippen molar-refractivity contribution >= 4 is 5.91 Å². The second kappa shape index (κ2) is 7.14. The summed E-state index contributed by atoms with van der Waals surface area (Å²) in [5.41, 5.74) is 0.585. The number of hydrogen-bond acceptors (Lipinski definition) is 4. The summed E-state index contributed by atoms with van der Waals surface area (Å²) in [6.07, 6.45) is 3.40. The number of carbonyl (C=O) groups is 1. The highest BCUT2D eigenvalue weighted by Crippen LogP contribution is 2.27. The fourth-order valence-electron chi connectivity index (χ4n) is 2.44. The molecule has 1 aromatic carbocycles. The van der Waals surface area contributed by atoms with Crippen LogP contribution in [0.25, 0.3) is 0 Å². The SMILES string of the molecule is COc1ccc(C(=O)NCC[C@@H]2CCCN2)cc1OC. The Morgan fingerprint density at radius 1 is 1.35 bits per heavy atom. The summed E-state index contributed by atoms with van der Waals surface area (Å²) in [5.74, 6) is 1.11. The summed E-state index contributed by atoms with van der Waals surface area (Å²) in [6.45, 7) is 1.78. The van der Waals surface area contributed by atoms with Crippen LogP contribution in [0.3, 0.4) is 0 Å². The van der Waals surface area contributed by atoms with E-state index in [0.717, 1.165) is 13.0 Å². The number of amides is 1. The molecule has 1 amide bonds. The van der Waals surface area contributed by atoms with Gasteiger partial charge in [-0.15, -0.1) is 0 Å². The van der Waals surface area contributed by atoms with Crippen molar-refractivity contribution in [1.29, 1.82) is 0 Å². The van der Waals surface area contributed by atoms with Crippen LogP contribution in [-0.4, -0.2) is 39.3 Å². The highest BCUT2D eigenvalue weighted by atomic mass is 16.5. The Morgan fingerprint density at radius 3 is 2.80 bits per heavy atom. The average Bonchev–Trinajstić information content (AvgIpc) is 2.99. The van der Waals surface area contributed by atoms with Crippen molar-refractivity contribution in [2.24, 2.45) is 0 Å². The number of hydrogen-bond donors (Lipinski definition) is 2. The molecule has 110 valence electrons. The molecule has 0 aromatic heterocycles. The summed E-state index contributed by atoms with van der Waals surface area (Å²) < 4.78 is 10.4. The van der Waals surface area contributed by atoms with E-state index >= 15 is 0 Å². The Morgan fingerprint density at radius 2 is 2.15 bits per heavy atom. The van der Waals surface area contributed by atoms with Crippen LogP contribution in [0.4, 0.5) is 0 Å². The number of nitrogens with one attached hydrogen (secondary N) is 2. The minimum Gasteiger partial charge on any atom is -0.493 e. The standard InChI is InChI=1S/C15H22N2O3/c1-19-13-6-5-11(10-14(13)20-2)15(18)17-9-7-12-4-3-8-16-12/h5-6,10,12,16H,3-4,7-9H2,1-2H3,(H,17,18)/t12-/m0/s1.